The summed E-state index contributed by atoms with van der Waals surface area (Å²) in [4.78, 5) is 28.3. The van der Waals surface area contributed by atoms with Crippen molar-refractivity contribution in [2.45, 2.75) is 44.6 Å². The average molecular weight is 372 g/mol. The second-order valence-electron chi connectivity index (χ2n) is 8.34. The summed E-state index contributed by atoms with van der Waals surface area (Å²) in [6.07, 6.45) is 5.17. The normalized spacial score (nSPS) is 24.5. The van der Waals surface area contributed by atoms with Crippen LogP contribution in [0.3, 0.4) is 0 Å². The van der Waals surface area contributed by atoms with Crippen molar-refractivity contribution < 1.29 is 9.59 Å². The predicted molar refractivity (Wildman–Crippen MR) is 107 cm³/mol. The number of piperidine rings is 2. The second-order valence-corrected chi connectivity index (χ2v) is 8.34. The number of carbonyl (C=O) groups excluding carboxylic acids is 2. The van der Waals surface area contributed by atoms with Gasteiger partial charge in [0, 0.05) is 46.1 Å². The third-order valence-corrected chi connectivity index (χ3v) is 6.03. The smallest absolute Gasteiger partial charge is 0.222 e. The van der Waals surface area contributed by atoms with Crippen molar-refractivity contribution in [1.82, 2.24) is 15.1 Å². The minimum atomic E-state index is 0.199. The van der Waals surface area contributed by atoms with E-state index in [1.165, 1.54) is 12.0 Å². The van der Waals surface area contributed by atoms with Crippen LogP contribution >= 0.6 is 0 Å². The molecule has 1 aromatic carbocycles. The Morgan fingerprint density at radius 1 is 1.15 bits per heavy atom. The average Bonchev–Trinajstić information content (AvgIpc) is 2.68. The fourth-order valence-electron chi connectivity index (χ4n) is 4.46. The Kier molecular flexibility index (Phi) is 6.89. The van der Waals surface area contributed by atoms with E-state index in [9.17, 15) is 9.59 Å². The molecule has 0 saturated carbocycles. The quantitative estimate of drug-likeness (QED) is 0.800. The van der Waals surface area contributed by atoms with E-state index in [-0.39, 0.29) is 11.8 Å². The van der Waals surface area contributed by atoms with Crippen LogP contribution in [0.1, 0.15) is 37.7 Å². The summed E-state index contributed by atoms with van der Waals surface area (Å²) in [5.74, 6) is 1.58. The fraction of sp³-hybridized carbons (Fsp3) is 0.636. The van der Waals surface area contributed by atoms with Gasteiger partial charge >= 0.3 is 0 Å². The van der Waals surface area contributed by atoms with Gasteiger partial charge in [0.05, 0.1) is 0 Å². The van der Waals surface area contributed by atoms with E-state index < -0.39 is 0 Å². The van der Waals surface area contributed by atoms with E-state index in [4.69, 9.17) is 0 Å². The number of aryl methyl sites for hydroxylation is 1. The molecule has 2 fully saturated rings. The Hall–Kier alpha value is -1.88. The number of amides is 2. The maximum atomic E-state index is 12.7. The summed E-state index contributed by atoms with van der Waals surface area (Å²) in [5, 5.41) is 3.68. The van der Waals surface area contributed by atoms with Crippen LogP contribution in [0.2, 0.25) is 0 Å². The SMILES string of the molecule is CN(C)C(=O)CCC[C@H]1NCC2CC1CN(C(=O)CCc1ccccc1)C2. The van der Waals surface area contributed by atoms with Crippen LogP contribution < -0.4 is 5.32 Å². The molecule has 5 nitrogen and oxygen atoms in total. The molecule has 2 saturated heterocycles. The van der Waals surface area contributed by atoms with Gasteiger partial charge in [0.25, 0.3) is 0 Å². The van der Waals surface area contributed by atoms with Crippen LogP contribution in [0, 0.1) is 11.8 Å². The molecule has 2 aliphatic rings. The molecule has 2 unspecified atom stereocenters. The first-order valence-corrected chi connectivity index (χ1v) is 10.3. The van der Waals surface area contributed by atoms with Crippen molar-refractivity contribution in [3.63, 3.8) is 0 Å². The molecular weight excluding hydrogens is 338 g/mol. The largest absolute Gasteiger partial charge is 0.349 e. The molecule has 0 aliphatic carbocycles. The number of nitrogens with zero attached hydrogens (tertiary/aromatic N) is 2. The first kappa shape index (κ1) is 19.9. The maximum Gasteiger partial charge on any atom is 0.222 e. The fourth-order valence-corrected chi connectivity index (χ4v) is 4.46. The molecule has 3 atom stereocenters. The summed E-state index contributed by atoms with van der Waals surface area (Å²) in [6.45, 7) is 2.75. The molecule has 1 aromatic rings. The van der Waals surface area contributed by atoms with E-state index in [0.717, 1.165) is 38.9 Å². The molecule has 2 heterocycles. The maximum absolute atomic E-state index is 12.7. The predicted octanol–water partition coefficient (Wildman–Crippen LogP) is 2.31. The van der Waals surface area contributed by atoms with Gasteiger partial charge < -0.3 is 15.1 Å². The Balaban J connectivity index is 1.47. The van der Waals surface area contributed by atoms with Gasteiger partial charge in [-0.05, 0) is 49.6 Å². The molecule has 3 rings (SSSR count). The summed E-state index contributed by atoms with van der Waals surface area (Å²) in [7, 11) is 3.62. The van der Waals surface area contributed by atoms with E-state index in [2.05, 4.69) is 22.3 Å². The topological polar surface area (TPSA) is 52.7 Å². The first-order valence-electron chi connectivity index (χ1n) is 10.3. The summed E-state index contributed by atoms with van der Waals surface area (Å²) in [6, 6.07) is 10.7. The van der Waals surface area contributed by atoms with Crippen LogP contribution in [-0.2, 0) is 16.0 Å². The lowest BCUT2D eigenvalue weighted by molar-refractivity contribution is -0.135. The number of fused-ring (bicyclic) bond motifs is 2. The molecule has 1 N–H and O–H groups in total. The van der Waals surface area contributed by atoms with Gasteiger partial charge in [-0.2, -0.15) is 0 Å². The monoisotopic (exact) mass is 371 g/mol. The number of rotatable bonds is 7. The van der Waals surface area contributed by atoms with Crippen molar-refractivity contribution in [3.05, 3.63) is 35.9 Å². The molecule has 0 spiro atoms. The lowest BCUT2D eigenvalue weighted by Crippen LogP contribution is -2.57. The van der Waals surface area contributed by atoms with E-state index in [1.807, 2.05) is 32.3 Å². The first-order chi connectivity index (χ1) is 13.0. The second kappa shape index (κ2) is 9.36. The zero-order chi connectivity index (χ0) is 19.2. The van der Waals surface area contributed by atoms with E-state index in [0.29, 0.717) is 30.7 Å². The minimum absolute atomic E-state index is 0.199. The molecule has 0 radical (unpaired) electrons. The third kappa shape index (κ3) is 5.55. The number of hydrogen-bond donors (Lipinski definition) is 1. The zero-order valence-corrected chi connectivity index (χ0v) is 16.7. The van der Waals surface area contributed by atoms with Crippen molar-refractivity contribution >= 4 is 11.8 Å². The standard InChI is InChI=1S/C22H33N3O2/c1-24(2)21(26)10-6-9-20-19-13-18(14-23-20)15-25(16-19)22(27)12-11-17-7-4-3-5-8-17/h3-5,7-8,18-20,23H,6,9-16H2,1-2H3/t18?,19?,20-/m1/s1. The molecule has 27 heavy (non-hydrogen) atoms. The lowest BCUT2D eigenvalue weighted by atomic mass is 9.79. The lowest BCUT2D eigenvalue weighted by Gasteiger charge is -2.46. The number of carbonyl (C=O) groups is 2. The molecule has 2 amide bonds. The Morgan fingerprint density at radius 3 is 2.67 bits per heavy atom. The molecule has 5 heteroatoms. The van der Waals surface area contributed by atoms with Crippen LogP contribution in [0.5, 0.6) is 0 Å². The molecule has 148 valence electrons. The van der Waals surface area contributed by atoms with E-state index in [1.54, 1.807) is 4.90 Å². The third-order valence-electron chi connectivity index (χ3n) is 6.03. The minimum Gasteiger partial charge on any atom is -0.349 e. The number of likely N-dealkylation sites (tertiary alicyclic amines) is 1. The van der Waals surface area contributed by atoms with Gasteiger partial charge in [0.15, 0.2) is 0 Å². The molecule has 0 aromatic heterocycles. The van der Waals surface area contributed by atoms with Gasteiger partial charge in [-0.1, -0.05) is 30.3 Å². The van der Waals surface area contributed by atoms with Gasteiger partial charge in [-0.15, -0.1) is 0 Å². The summed E-state index contributed by atoms with van der Waals surface area (Å²) < 4.78 is 0. The van der Waals surface area contributed by atoms with Crippen molar-refractivity contribution in [2.24, 2.45) is 11.8 Å². The van der Waals surface area contributed by atoms with Crippen molar-refractivity contribution in [3.8, 4) is 0 Å². The number of benzene rings is 1. The highest BCUT2D eigenvalue weighted by atomic mass is 16.2. The molecule has 2 bridgehead atoms. The Bertz CT molecular complexity index is 632. The summed E-state index contributed by atoms with van der Waals surface area (Å²) >= 11 is 0. The van der Waals surface area contributed by atoms with Gasteiger partial charge in [-0.25, -0.2) is 0 Å². The number of nitrogens with one attached hydrogen (secondary N) is 1. The van der Waals surface area contributed by atoms with Crippen LogP contribution in [-0.4, -0.2) is 61.4 Å². The molecule has 2 aliphatic heterocycles. The van der Waals surface area contributed by atoms with Gasteiger partial charge in [0.2, 0.25) is 11.8 Å². The Morgan fingerprint density at radius 2 is 1.93 bits per heavy atom. The highest BCUT2D eigenvalue weighted by molar-refractivity contribution is 5.76. The highest BCUT2D eigenvalue weighted by Crippen LogP contribution is 2.30. The van der Waals surface area contributed by atoms with E-state index >= 15 is 0 Å². The van der Waals surface area contributed by atoms with Gasteiger partial charge in [0.1, 0.15) is 0 Å². The van der Waals surface area contributed by atoms with Crippen LogP contribution in [0.15, 0.2) is 30.3 Å². The zero-order valence-electron chi connectivity index (χ0n) is 16.7. The number of hydrogen-bond acceptors (Lipinski definition) is 3. The molecular formula is C22H33N3O2. The van der Waals surface area contributed by atoms with Crippen molar-refractivity contribution in [1.29, 1.82) is 0 Å². The van der Waals surface area contributed by atoms with Crippen LogP contribution in [0.25, 0.3) is 0 Å². The van der Waals surface area contributed by atoms with Crippen molar-refractivity contribution in [2.75, 3.05) is 33.7 Å². The summed E-state index contributed by atoms with van der Waals surface area (Å²) in [5.41, 5.74) is 1.23. The van der Waals surface area contributed by atoms with Gasteiger partial charge in [-0.3, -0.25) is 9.59 Å². The van der Waals surface area contributed by atoms with Crippen LogP contribution in [0.4, 0.5) is 0 Å². The Labute approximate surface area is 163 Å². The highest BCUT2D eigenvalue weighted by Gasteiger charge is 2.37.